The van der Waals surface area contributed by atoms with Crippen LogP contribution in [-0.4, -0.2) is 30.7 Å². The Balaban J connectivity index is 1.73. The van der Waals surface area contributed by atoms with Crippen LogP contribution in [0.25, 0.3) is 5.76 Å². The number of ketones is 1. The van der Waals surface area contributed by atoms with Crippen molar-refractivity contribution in [1.82, 2.24) is 0 Å². The minimum Gasteiger partial charge on any atom is -0.507 e. The van der Waals surface area contributed by atoms with E-state index in [2.05, 4.69) is 0 Å². The summed E-state index contributed by atoms with van der Waals surface area (Å²) in [4.78, 5) is 27.9. The number of ether oxygens (including phenoxy) is 3. The highest BCUT2D eigenvalue weighted by atomic mass is 35.5. The molecule has 0 spiro atoms. The predicted octanol–water partition coefficient (Wildman–Crippen LogP) is 5.36. The van der Waals surface area contributed by atoms with Crippen molar-refractivity contribution in [3.63, 3.8) is 0 Å². The summed E-state index contributed by atoms with van der Waals surface area (Å²) in [6, 6.07) is 15.3. The monoisotopic (exact) mass is 497 g/mol. The number of nitrogens with zero attached hydrogens (tertiary/aromatic N) is 1. The molecule has 2 aliphatic rings. The van der Waals surface area contributed by atoms with Crippen molar-refractivity contribution >= 4 is 46.3 Å². The molecule has 0 saturated carbocycles. The van der Waals surface area contributed by atoms with E-state index in [4.69, 9.17) is 37.4 Å². The standard InChI is InChI=1S/C25H17Cl2NO6/c1-32-18-8-6-15(27)10-17(18)23(29)21-22(13-2-4-14(26)5-3-13)28(25(31)24(21)30)16-7-9-19-20(11-16)34-12-33-19/h2-11,22,29H,12H2,1H3/b23-21+. The molecule has 1 atom stereocenters. The number of halogens is 2. The Kier molecular flexibility index (Phi) is 5.59. The molecular formula is C25H17Cl2NO6. The zero-order valence-corrected chi connectivity index (χ0v) is 19.3. The van der Waals surface area contributed by atoms with E-state index in [1.807, 2.05) is 0 Å². The largest absolute Gasteiger partial charge is 0.507 e. The van der Waals surface area contributed by atoms with Gasteiger partial charge in [0.15, 0.2) is 11.5 Å². The van der Waals surface area contributed by atoms with Crippen molar-refractivity contribution < 1.29 is 28.9 Å². The van der Waals surface area contributed by atoms with Crippen molar-refractivity contribution in [2.24, 2.45) is 0 Å². The lowest BCUT2D eigenvalue weighted by Crippen LogP contribution is -2.29. The topological polar surface area (TPSA) is 85.3 Å². The van der Waals surface area contributed by atoms with E-state index in [9.17, 15) is 14.7 Å². The maximum Gasteiger partial charge on any atom is 0.300 e. The first-order valence-corrected chi connectivity index (χ1v) is 10.9. The molecule has 172 valence electrons. The van der Waals surface area contributed by atoms with Crippen LogP contribution in [0.2, 0.25) is 10.0 Å². The fourth-order valence-electron chi connectivity index (χ4n) is 4.10. The van der Waals surface area contributed by atoms with E-state index < -0.39 is 23.5 Å². The van der Waals surface area contributed by atoms with Crippen LogP contribution >= 0.6 is 23.2 Å². The second kappa shape index (κ2) is 8.59. The Labute approximate surface area is 204 Å². The Morgan fingerprint density at radius 3 is 2.41 bits per heavy atom. The SMILES string of the molecule is COc1ccc(Cl)cc1/C(O)=C1\C(=O)C(=O)N(c2ccc3c(c2)OCO3)C1c1ccc(Cl)cc1. The van der Waals surface area contributed by atoms with Crippen molar-refractivity contribution in [2.75, 3.05) is 18.8 Å². The Morgan fingerprint density at radius 2 is 1.68 bits per heavy atom. The van der Waals surface area contributed by atoms with E-state index >= 15 is 0 Å². The Hall–Kier alpha value is -3.68. The maximum absolute atomic E-state index is 13.3. The van der Waals surface area contributed by atoms with Crippen molar-refractivity contribution in [2.45, 2.75) is 6.04 Å². The lowest BCUT2D eigenvalue weighted by molar-refractivity contribution is -0.132. The van der Waals surface area contributed by atoms with Gasteiger partial charge in [0.05, 0.1) is 24.3 Å². The summed E-state index contributed by atoms with van der Waals surface area (Å²) in [7, 11) is 1.43. The highest BCUT2D eigenvalue weighted by Gasteiger charge is 2.47. The molecule has 3 aromatic rings. The van der Waals surface area contributed by atoms with Crippen molar-refractivity contribution in [3.8, 4) is 17.2 Å². The third-order valence-electron chi connectivity index (χ3n) is 5.68. The number of hydrogen-bond acceptors (Lipinski definition) is 6. The smallest absolute Gasteiger partial charge is 0.300 e. The number of Topliss-reactive ketones (excluding diaryl/α,β-unsaturated/α-hetero) is 1. The molecule has 0 aliphatic carbocycles. The number of aliphatic hydroxyl groups excluding tert-OH is 1. The van der Waals surface area contributed by atoms with Crippen LogP contribution in [-0.2, 0) is 9.59 Å². The van der Waals surface area contributed by atoms with Crippen molar-refractivity contribution in [1.29, 1.82) is 0 Å². The summed E-state index contributed by atoms with van der Waals surface area (Å²) in [6.45, 7) is 0.0623. The molecule has 1 unspecified atom stereocenters. The predicted molar refractivity (Wildman–Crippen MR) is 127 cm³/mol. The Bertz CT molecular complexity index is 1350. The van der Waals surface area contributed by atoms with Gasteiger partial charge in [0.1, 0.15) is 11.5 Å². The van der Waals surface area contributed by atoms with Gasteiger partial charge in [-0.05, 0) is 48.0 Å². The molecule has 3 aromatic carbocycles. The fourth-order valence-corrected chi connectivity index (χ4v) is 4.40. The molecule has 2 heterocycles. The van der Waals surface area contributed by atoms with Crippen LogP contribution in [0.5, 0.6) is 17.2 Å². The molecular weight excluding hydrogens is 481 g/mol. The lowest BCUT2D eigenvalue weighted by Gasteiger charge is -2.25. The van der Waals surface area contributed by atoms with Crippen LogP contribution in [0.15, 0.2) is 66.2 Å². The zero-order valence-electron chi connectivity index (χ0n) is 17.7. The molecule has 7 nitrogen and oxygen atoms in total. The summed E-state index contributed by atoms with van der Waals surface area (Å²) >= 11 is 12.2. The molecule has 1 N–H and O–H groups in total. The van der Waals surface area contributed by atoms with Crippen LogP contribution < -0.4 is 19.1 Å². The van der Waals surface area contributed by atoms with E-state index in [1.54, 1.807) is 54.6 Å². The normalized spacial score (nSPS) is 18.4. The number of anilines is 1. The molecule has 0 radical (unpaired) electrons. The lowest BCUT2D eigenvalue weighted by atomic mass is 9.95. The molecule has 1 saturated heterocycles. The molecule has 1 fully saturated rings. The van der Waals surface area contributed by atoms with Gasteiger partial charge < -0.3 is 19.3 Å². The minimum absolute atomic E-state index is 0.0623. The summed E-state index contributed by atoms with van der Waals surface area (Å²) in [5, 5.41) is 12.1. The number of carbonyl (C=O) groups excluding carboxylic acids is 2. The number of carbonyl (C=O) groups is 2. The van der Waals surface area contributed by atoms with Gasteiger partial charge in [-0.2, -0.15) is 0 Å². The molecule has 2 aliphatic heterocycles. The number of amides is 1. The van der Waals surface area contributed by atoms with Gasteiger partial charge in [0.25, 0.3) is 11.7 Å². The second-order valence-electron chi connectivity index (χ2n) is 7.60. The summed E-state index contributed by atoms with van der Waals surface area (Å²) in [5.74, 6) is -0.775. The quantitative estimate of drug-likeness (QED) is 0.296. The van der Waals surface area contributed by atoms with Gasteiger partial charge in [-0.15, -0.1) is 0 Å². The van der Waals surface area contributed by atoms with E-state index in [0.29, 0.717) is 38.5 Å². The van der Waals surface area contributed by atoms with Gasteiger partial charge in [0, 0.05) is 21.8 Å². The number of hydrogen-bond donors (Lipinski definition) is 1. The van der Waals surface area contributed by atoms with Gasteiger partial charge in [-0.1, -0.05) is 35.3 Å². The van der Waals surface area contributed by atoms with Crippen LogP contribution in [0, 0.1) is 0 Å². The van der Waals surface area contributed by atoms with Gasteiger partial charge in [-0.25, -0.2) is 0 Å². The highest BCUT2D eigenvalue weighted by Crippen LogP contribution is 2.46. The summed E-state index contributed by atoms with van der Waals surface area (Å²) < 4.78 is 16.2. The Morgan fingerprint density at radius 1 is 0.971 bits per heavy atom. The molecule has 34 heavy (non-hydrogen) atoms. The third-order valence-corrected chi connectivity index (χ3v) is 6.17. The van der Waals surface area contributed by atoms with Gasteiger partial charge >= 0.3 is 0 Å². The van der Waals surface area contributed by atoms with Crippen LogP contribution in [0.1, 0.15) is 17.2 Å². The minimum atomic E-state index is -0.943. The molecule has 0 bridgehead atoms. The number of methoxy groups -OCH3 is 1. The van der Waals surface area contributed by atoms with Crippen molar-refractivity contribution in [3.05, 3.63) is 87.4 Å². The second-order valence-corrected chi connectivity index (χ2v) is 8.48. The zero-order chi connectivity index (χ0) is 24.0. The molecule has 0 aromatic heterocycles. The number of benzene rings is 3. The molecule has 1 amide bonds. The average molecular weight is 498 g/mol. The number of rotatable bonds is 4. The van der Waals surface area contributed by atoms with Crippen LogP contribution in [0.3, 0.4) is 0 Å². The average Bonchev–Trinajstić information content (AvgIpc) is 3.41. The van der Waals surface area contributed by atoms with Gasteiger partial charge in [-0.3, -0.25) is 14.5 Å². The summed E-state index contributed by atoms with van der Waals surface area (Å²) in [6.07, 6.45) is 0. The number of aliphatic hydroxyl groups is 1. The molecule has 5 rings (SSSR count). The van der Waals surface area contributed by atoms with Crippen LogP contribution in [0.4, 0.5) is 5.69 Å². The maximum atomic E-state index is 13.3. The first-order valence-electron chi connectivity index (χ1n) is 10.2. The third kappa shape index (κ3) is 3.63. The van der Waals surface area contributed by atoms with Gasteiger partial charge in [0.2, 0.25) is 6.79 Å². The number of fused-ring (bicyclic) bond motifs is 1. The highest BCUT2D eigenvalue weighted by molar-refractivity contribution is 6.51. The first kappa shape index (κ1) is 22.1. The van der Waals surface area contributed by atoms with E-state index in [1.165, 1.54) is 18.1 Å². The molecule has 9 heteroatoms. The first-order chi connectivity index (χ1) is 16.4. The van der Waals surface area contributed by atoms with E-state index in [0.717, 1.165) is 0 Å². The van der Waals surface area contributed by atoms with E-state index in [-0.39, 0.29) is 17.9 Å². The fraction of sp³-hybridized carbons (Fsp3) is 0.120. The summed E-state index contributed by atoms with van der Waals surface area (Å²) in [5.41, 5.74) is 1.07.